The molecule has 144 valence electrons. The number of para-hydroxylation sites is 2. The number of phenols is 1. The van der Waals surface area contributed by atoms with E-state index in [0.717, 1.165) is 22.3 Å². The number of methoxy groups -OCH3 is 2. The van der Waals surface area contributed by atoms with Crippen molar-refractivity contribution in [2.75, 3.05) is 19.5 Å². The van der Waals surface area contributed by atoms with Crippen LogP contribution in [0.1, 0.15) is 25.5 Å². The molecule has 0 amide bonds. The second-order valence-electron chi connectivity index (χ2n) is 6.69. The van der Waals surface area contributed by atoms with Crippen LogP contribution in [0.5, 0.6) is 17.2 Å². The number of ether oxygens (including phenoxy) is 2. The molecule has 7 nitrogen and oxygen atoms in total. The van der Waals surface area contributed by atoms with E-state index in [0.29, 0.717) is 11.5 Å². The van der Waals surface area contributed by atoms with Crippen molar-refractivity contribution in [3.8, 4) is 17.2 Å². The minimum absolute atomic E-state index is 0.0514. The molecule has 0 spiro atoms. The van der Waals surface area contributed by atoms with Crippen molar-refractivity contribution in [1.82, 2.24) is 9.55 Å². The Morgan fingerprint density at radius 2 is 1.82 bits per heavy atom. The number of fused-ring (bicyclic) bond motifs is 3. The molecular formula is C21H21N3O4. The fourth-order valence-corrected chi connectivity index (χ4v) is 3.81. The van der Waals surface area contributed by atoms with E-state index in [9.17, 15) is 9.90 Å². The van der Waals surface area contributed by atoms with Gasteiger partial charge >= 0.3 is 0 Å². The lowest BCUT2D eigenvalue weighted by Crippen LogP contribution is -2.27. The number of nitrogens with one attached hydrogen (secondary N) is 1. The highest BCUT2D eigenvalue weighted by molar-refractivity contribution is 5.97. The molecule has 0 bridgehead atoms. The third-order valence-corrected chi connectivity index (χ3v) is 5.03. The summed E-state index contributed by atoms with van der Waals surface area (Å²) in [6.45, 7) is 3.41. The van der Waals surface area contributed by atoms with Crippen molar-refractivity contribution in [2.45, 2.75) is 19.9 Å². The van der Waals surface area contributed by atoms with Gasteiger partial charge in [-0.15, -0.1) is 0 Å². The standard InChI is InChI=1S/C21H21N3O4/c1-11-18(12(2)25)19(13-9-16(27-3)20(26)17(10-13)28-4)24-15-8-6-5-7-14(15)23-21(24)22-11/h5-10,19,26H,1-4H3,(H,22,23). The molecule has 0 radical (unpaired) electrons. The molecule has 1 atom stereocenters. The van der Waals surface area contributed by atoms with Gasteiger partial charge in [0, 0.05) is 11.3 Å². The van der Waals surface area contributed by atoms with Crippen LogP contribution in [0.2, 0.25) is 0 Å². The molecule has 7 heteroatoms. The van der Waals surface area contributed by atoms with Crippen molar-refractivity contribution < 1.29 is 19.4 Å². The number of Topliss-reactive ketones (excluding diaryl/α,β-unsaturated/α-hetero) is 1. The Hall–Kier alpha value is -3.48. The van der Waals surface area contributed by atoms with Crippen molar-refractivity contribution >= 4 is 22.8 Å². The van der Waals surface area contributed by atoms with Gasteiger partial charge in [0.15, 0.2) is 17.3 Å². The first kappa shape index (κ1) is 17.9. The maximum atomic E-state index is 12.6. The van der Waals surface area contributed by atoms with Gasteiger partial charge < -0.3 is 19.9 Å². The number of imidazole rings is 1. The van der Waals surface area contributed by atoms with Gasteiger partial charge in [0.2, 0.25) is 11.7 Å². The topological polar surface area (TPSA) is 85.6 Å². The Morgan fingerprint density at radius 1 is 1.18 bits per heavy atom. The first-order valence-electron chi connectivity index (χ1n) is 8.86. The average molecular weight is 379 g/mol. The van der Waals surface area contributed by atoms with Gasteiger partial charge in [-0.2, -0.15) is 0 Å². The molecule has 0 aliphatic carbocycles. The van der Waals surface area contributed by atoms with Crippen LogP contribution in [0.3, 0.4) is 0 Å². The summed E-state index contributed by atoms with van der Waals surface area (Å²) in [5.74, 6) is 1.08. The molecule has 28 heavy (non-hydrogen) atoms. The summed E-state index contributed by atoms with van der Waals surface area (Å²) in [5.41, 5.74) is 3.83. The number of carbonyl (C=O) groups excluding carboxylic acids is 1. The molecule has 4 rings (SSSR count). The fourth-order valence-electron chi connectivity index (χ4n) is 3.81. The van der Waals surface area contributed by atoms with E-state index in [1.54, 1.807) is 19.1 Å². The van der Waals surface area contributed by atoms with E-state index in [4.69, 9.17) is 9.47 Å². The number of hydrogen-bond donors (Lipinski definition) is 2. The summed E-state index contributed by atoms with van der Waals surface area (Å²) in [7, 11) is 2.96. The maximum Gasteiger partial charge on any atom is 0.209 e. The van der Waals surface area contributed by atoms with Gasteiger partial charge in [0.05, 0.1) is 31.3 Å². The molecule has 0 saturated heterocycles. The Bertz CT molecular complexity index is 1100. The van der Waals surface area contributed by atoms with Crippen LogP contribution in [0.25, 0.3) is 11.0 Å². The first-order valence-corrected chi connectivity index (χ1v) is 8.86. The normalized spacial score (nSPS) is 15.9. The molecule has 1 aliphatic heterocycles. The number of aromatic hydroxyl groups is 1. The quantitative estimate of drug-likeness (QED) is 0.720. The van der Waals surface area contributed by atoms with E-state index < -0.39 is 6.04 Å². The van der Waals surface area contributed by atoms with Gasteiger partial charge in [0.25, 0.3) is 0 Å². The number of hydrogen-bond acceptors (Lipinski definition) is 6. The number of phenolic OH excluding ortho intramolecular Hbond substituents is 1. The molecule has 2 aromatic carbocycles. The third kappa shape index (κ3) is 2.58. The van der Waals surface area contributed by atoms with Crippen molar-refractivity contribution in [1.29, 1.82) is 0 Å². The zero-order chi connectivity index (χ0) is 20.0. The monoisotopic (exact) mass is 379 g/mol. The summed E-state index contributed by atoms with van der Waals surface area (Å²) < 4.78 is 12.6. The summed E-state index contributed by atoms with van der Waals surface area (Å²) in [6.07, 6.45) is 0. The molecule has 1 unspecified atom stereocenters. The minimum atomic E-state index is -0.440. The first-order chi connectivity index (χ1) is 13.5. The lowest BCUT2D eigenvalue weighted by atomic mass is 9.92. The predicted molar refractivity (Wildman–Crippen MR) is 106 cm³/mol. The highest BCUT2D eigenvalue weighted by Gasteiger charge is 2.33. The SMILES string of the molecule is COc1cc(C2C(C(C)=O)=C(C)Nc3nc4ccccc4n32)cc(OC)c1O. The molecule has 0 fully saturated rings. The van der Waals surface area contributed by atoms with E-state index in [2.05, 4.69) is 10.3 Å². The van der Waals surface area contributed by atoms with Gasteiger partial charge in [-0.05, 0) is 43.7 Å². The molecular weight excluding hydrogens is 358 g/mol. The number of aromatic nitrogens is 2. The number of benzene rings is 2. The number of allylic oxidation sites excluding steroid dienone is 2. The van der Waals surface area contributed by atoms with E-state index in [-0.39, 0.29) is 23.0 Å². The predicted octanol–water partition coefficient (Wildman–Crippen LogP) is 3.64. The molecule has 2 heterocycles. The highest BCUT2D eigenvalue weighted by atomic mass is 16.5. The van der Waals surface area contributed by atoms with Crippen LogP contribution in [-0.2, 0) is 4.79 Å². The van der Waals surface area contributed by atoms with Crippen LogP contribution in [-0.4, -0.2) is 34.7 Å². The Morgan fingerprint density at radius 3 is 2.43 bits per heavy atom. The third-order valence-electron chi connectivity index (χ3n) is 5.03. The fraction of sp³-hybridized carbons (Fsp3) is 0.238. The Balaban J connectivity index is 2.05. The second-order valence-corrected chi connectivity index (χ2v) is 6.69. The zero-order valence-electron chi connectivity index (χ0n) is 16.1. The van der Waals surface area contributed by atoms with Crippen LogP contribution in [0.4, 0.5) is 5.95 Å². The number of nitrogens with zero attached hydrogens (tertiary/aromatic N) is 2. The average Bonchev–Trinajstić information content (AvgIpc) is 3.04. The van der Waals surface area contributed by atoms with Crippen LogP contribution in [0, 0.1) is 0 Å². The van der Waals surface area contributed by atoms with E-state index in [1.165, 1.54) is 14.2 Å². The maximum absolute atomic E-state index is 12.6. The smallest absolute Gasteiger partial charge is 0.209 e. The molecule has 1 aromatic heterocycles. The summed E-state index contributed by atoms with van der Waals surface area (Å²) in [5, 5.41) is 13.6. The molecule has 0 saturated carbocycles. The summed E-state index contributed by atoms with van der Waals surface area (Å²) >= 11 is 0. The minimum Gasteiger partial charge on any atom is -0.502 e. The van der Waals surface area contributed by atoms with Gasteiger partial charge in [-0.25, -0.2) is 4.98 Å². The summed E-state index contributed by atoms with van der Waals surface area (Å²) in [4.78, 5) is 17.3. The van der Waals surface area contributed by atoms with E-state index in [1.807, 2.05) is 35.8 Å². The number of ketones is 1. The molecule has 2 N–H and O–H groups in total. The van der Waals surface area contributed by atoms with Gasteiger partial charge in [-0.3, -0.25) is 9.36 Å². The van der Waals surface area contributed by atoms with Gasteiger partial charge in [0.1, 0.15) is 0 Å². The Kier molecular flexibility index (Phi) is 4.22. The number of anilines is 1. The highest BCUT2D eigenvalue weighted by Crippen LogP contribution is 2.44. The Labute approximate surface area is 162 Å². The van der Waals surface area contributed by atoms with Gasteiger partial charge in [-0.1, -0.05) is 12.1 Å². The van der Waals surface area contributed by atoms with Crippen molar-refractivity contribution in [3.05, 3.63) is 53.2 Å². The van der Waals surface area contributed by atoms with Crippen LogP contribution >= 0.6 is 0 Å². The lowest BCUT2D eigenvalue weighted by Gasteiger charge is -2.30. The van der Waals surface area contributed by atoms with Crippen molar-refractivity contribution in [2.24, 2.45) is 0 Å². The van der Waals surface area contributed by atoms with Crippen LogP contribution in [0.15, 0.2) is 47.7 Å². The van der Waals surface area contributed by atoms with Crippen LogP contribution < -0.4 is 14.8 Å². The molecule has 3 aromatic rings. The van der Waals surface area contributed by atoms with E-state index >= 15 is 0 Å². The largest absolute Gasteiger partial charge is 0.502 e. The number of carbonyl (C=O) groups is 1. The zero-order valence-corrected chi connectivity index (χ0v) is 16.1. The van der Waals surface area contributed by atoms with Crippen molar-refractivity contribution in [3.63, 3.8) is 0 Å². The lowest BCUT2D eigenvalue weighted by molar-refractivity contribution is -0.114. The molecule has 1 aliphatic rings. The summed E-state index contributed by atoms with van der Waals surface area (Å²) in [6, 6.07) is 10.8. The second kappa shape index (κ2) is 6.60. The number of rotatable bonds is 4.